The van der Waals surface area contributed by atoms with Crippen molar-refractivity contribution in [1.29, 1.82) is 0 Å². The van der Waals surface area contributed by atoms with E-state index in [9.17, 15) is 0 Å². The van der Waals surface area contributed by atoms with Gasteiger partial charge in [0.1, 0.15) is 5.75 Å². The lowest BCUT2D eigenvalue weighted by Crippen LogP contribution is -2.23. The van der Waals surface area contributed by atoms with Gasteiger partial charge < -0.3 is 10.1 Å². The van der Waals surface area contributed by atoms with E-state index < -0.39 is 0 Å². The quantitative estimate of drug-likeness (QED) is 0.854. The molecule has 0 bridgehead atoms. The van der Waals surface area contributed by atoms with E-state index in [0.717, 1.165) is 17.7 Å². The Hall–Kier alpha value is -1.80. The Kier molecular flexibility index (Phi) is 5.40. The van der Waals surface area contributed by atoms with Crippen LogP contribution in [-0.4, -0.2) is 19.2 Å². The molecule has 0 spiro atoms. The van der Waals surface area contributed by atoms with E-state index >= 15 is 0 Å². The monoisotopic (exact) mass is 283 g/mol. The van der Waals surface area contributed by atoms with Crippen molar-refractivity contribution in [2.24, 2.45) is 0 Å². The van der Waals surface area contributed by atoms with E-state index in [2.05, 4.69) is 62.5 Å². The molecular formula is C19H25NO. The molecule has 0 heterocycles. The van der Waals surface area contributed by atoms with Crippen molar-refractivity contribution in [1.82, 2.24) is 5.32 Å². The molecule has 0 aliphatic heterocycles. The predicted molar refractivity (Wildman–Crippen MR) is 89.9 cm³/mol. The van der Waals surface area contributed by atoms with Crippen LogP contribution < -0.4 is 10.1 Å². The van der Waals surface area contributed by atoms with Gasteiger partial charge >= 0.3 is 0 Å². The van der Waals surface area contributed by atoms with Gasteiger partial charge in [0.25, 0.3) is 0 Å². The van der Waals surface area contributed by atoms with Crippen molar-refractivity contribution in [3.63, 3.8) is 0 Å². The van der Waals surface area contributed by atoms with Crippen LogP contribution in [0.5, 0.6) is 5.75 Å². The van der Waals surface area contributed by atoms with Crippen LogP contribution >= 0.6 is 0 Å². The second-order valence-electron chi connectivity index (χ2n) is 5.75. The molecule has 0 fully saturated rings. The Morgan fingerprint density at radius 3 is 2.24 bits per heavy atom. The lowest BCUT2D eigenvalue weighted by atomic mass is 10.0. The third kappa shape index (κ3) is 4.33. The molecule has 0 radical (unpaired) electrons. The van der Waals surface area contributed by atoms with Crippen molar-refractivity contribution in [2.45, 2.75) is 39.3 Å². The Balaban J connectivity index is 2.22. The molecule has 2 nitrogen and oxygen atoms in total. The third-order valence-electron chi connectivity index (χ3n) is 3.55. The maximum Gasteiger partial charge on any atom is 0.127 e. The van der Waals surface area contributed by atoms with Crippen molar-refractivity contribution < 1.29 is 4.74 Å². The predicted octanol–water partition coefficient (Wildman–Crippen LogP) is 4.29. The normalized spacial score (nSPS) is 12.4. The van der Waals surface area contributed by atoms with E-state index in [-0.39, 0.29) is 6.10 Å². The smallest absolute Gasteiger partial charge is 0.127 e. The maximum absolute atomic E-state index is 5.90. The average molecular weight is 283 g/mol. The molecule has 0 aliphatic rings. The molecule has 2 aromatic carbocycles. The van der Waals surface area contributed by atoms with Gasteiger partial charge in [0, 0.05) is 11.6 Å². The Morgan fingerprint density at radius 1 is 0.952 bits per heavy atom. The molecule has 2 aromatic rings. The second-order valence-corrected chi connectivity index (χ2v) is 5.75. The zero-order chi connectivity index (χ0) is 15.2. The number of para-hydroxylation sites is 1. The highest BCUT2D eigenvalue weighted by Gasteiger charge is 2.08. The van der Waals surface area contributed by atoms with Gasteiger partial charge in [-0.05, 0) is 51.4 Å². The van der Waals surface area contributed by atoms with Crippen LogP contribution in [0.1, 0.15) is 26.3 Å². The third-order valence-corrected chi connectivity index (χ3v) is 3.55. The lowest BCUT2D eigenvalue weighted by Gasteiger charge is -2.15. The van der Waals surface area contributed by atoms with E-state index in [1.54, 1.807) is 0 Å². The zero-order valence-electron chi connectivity index (χ0n) is 13.4. The minimum Gasteiger partial charge on any atom is -0.490 e. The highest BCUT2D eigenvalue weighted by atomic mass is 16.5. The summed E-state index contributed by atoms with van der Waals surface area (Å²) in [6.07, 6.45) is 1.22. The first kappa shape index (κ1) is 15.6. The highest BCUT2D eigenvalue weighted by molar-refractivity contribution is 5.70. The minimum absolute atomic E-state index is 0.182. The number of hydrogen-bond acceptors (Lipinski definition) is 2. The summed E-state index contributed by atoms with van der Waals surface area (Å²) in [4.78, 5) is 0. The van der Waals surface area contributed by atoms with Gasteiger partial charge in [0.15, 0.2) is 0 Å². The SMILES string of the molecule is CNC(C)Cc1ccc(-c2ccccc2OC(C)C)cc1. The number of likely N-dealkylation sites (N-methyl/N-ethyl adjacent to an activating group) is 1. The minimum atomic E-state index is 0.182. The summed E-state index contributed by atoms with van der Waals surface area (Å²) in [5.41, 5.74) is 3.70. The fourth-order valence-electron chi connectivity index (χ4n) is 2.34. The fraction of sp³-hybridized carbons (Fsp3) is 0.368. The van der Waals surface area contributed by atoms with E-state index in [1.165, 1.54) is 11.1 Å². The fourth-order valence-corrected chi connectivity index (χ4v) is 2.34. The van der Waals surface area contributed by atoms with E-state index in [1.807, 2.05) is 19.2 Å². The average Bonchev–Trinajstić information content (AvgIpc) is 2.48. The Morgan fingerprint density at radius 2 is 1.62 bits per heavy atom. The van der Waals surface area contributed by atoms with E-state index in [4.69, 9.17) is 4.74 Å². The molecule has 1 N–H and O–H groups in total. The summed E-state index contributed by atoms with van der Waals surface area (Å²) >= 11 is 0. The second kappa shape index (κ2) is 7.28. The maximum atomic E-state index is 5.90. The van der Waals surface area contributed by atoms with Crippen molar-refractivity contribution >= 4 is 0 Å². The van der Waals surface area contributed by atoms with E-state index in [0.29, 0.717) is 6.04 Å². The number of ether oxygens (including phenoxy) is 1. The molecule has 0 saturated heterocycles. The number of benzene rings is 2. The molecule has 21 heavy (non-hydrogen) atoms. The van der Waals surface area contributed by atoms with Gasteiger partial charge in [-0.15, -0.1) is 0 Å². The number of nitrogens with one attached hydrogen (secondary N) is 1. The van der Waals surface area contributed by atoms with Gasteiger partial charge in [-0.2, -0.15) is 0 Å². The molecular weight excluding hydrogens is 258 g/mol. The largest absolute Gasteiger partial charge is 0.490 e. The van der Waals surface area contributed by atoms with Gasteiger partial charge in [-0.25, -0.2) is 0 Å². The molecule has 0 amide bonds. The van der Waals surface area contributed by atoms with Crippen molar-refractivity contribution in [3.05, 3.63) is 54.1 Å². The molecule has 1 unspecified atom stereocenters. The summed E-state index contributed by atoms with van der Waals surface area (Å²) in [6.45, 7) is 6.30. The summed E-state index contributed by atoms with van der Waals surface area (Å²) in [5.74, 6) is 0.948. The van der Waals surface area contributed by atoms with Crippen molar-refractivity contribution in [3.8, 4) is 16.9 Å². The Bertz CT molecular complexity index is 560. The number of hydrogen-bond donors (Lipinski definition) is 1. The van der Waals surface area contributed by atoms with Gasteiger partial charge in [-0.3, -0.25) is 0 Å². The summed E-state index contributed by atoms with van der Waals surface area (Å²) in [7, 11) is 2.00. The van der Waals surface area contributed by atoms with Crippen LogP contribution in [0.25, 0.3) is 11.1 Å². The highest BCUT2D eigenvalue weighted by Crippen LogP contribution is 2.30. The van der Waals surface area contributed by atoms with Gasteiger partial charge in [0.05, 0.1) is 6.10 Å². The lowest BCUT2D eigenvalue weighted by molar-refractivity contribution is 0.243. The molecule has 0 saturated carbocycles. The van der Waals surface area contributed by atoms with Crippen LogP contribution in [0.4, 0.5) is 0 Å². The zero-order valence-corrected chi connectivity index (χ0v) is 13.4. The number of rotatable bonds is 6. The summed E-state index contributed by atoms with van der Waals surface area (Å²) in [6, 6.07) is 17.5. The standard InChI is InChI=1S/C19H25NO/c1-14(2)21-19-8-6-5-7-18(19)17-11-9-16(10-12-17)13-15(3)20-4/h5-12,14-15,20H,13H2,1-4H3. The first-order valence-electron chi connectivity index (χ1n) is 7.62. The molecule has 112 valence electrons. The topological polar surface area (TPSA) is 21.3 Å². The molecule has 2 heteroatoms. The summed E-state index contributed by atoms with van der Waals surface area (Å²) in [5, 5.41) is 3.27. The van der Waals surface area contributed by atoms with Crippen LogP contribution in [0, 0.1) is 0 Å². The van der Waals surface area contributed by atoms with Gasteiger partial charge in [-0.1, -0.05) is 42.5 Å². The molecule has 0 aromatic heterocycles. The first-order valence-corrected chi connectivity index (χ1v) is 7.62. The molecule has 2 rings (SSSR count). The molecule has 0 aliphatic carbocycles. The summed E-state index contributed by atoms with van der Waals surface area (Å²) < 4.78 is 5.90. The van der Waals surface area contributed by atoms with Crippen LogP contribution in [0.3, 0.4) is 0 Å². The van der Waals surface area contributed by atoms with Crippen LogP contribution in [0.2, 0.25) is 0 Å². The van der Waals surface area contributed by atoms with Crippen molar-refractivity contribution in [2.75, 3.05) is 7.05 Å². The molecule has 1 atom stereocenters. The van der Waals surface area contributed by atoms with Crippen LogP contribution in [0.15, 0.2) is 48.5 Å². The Labute approximate surface area is 128 Å². The first-order chi connectivity index (χ1) is 10.1. The van der Waals surface area contributed by atoms with Crippen LogP contribution in [-0.2, 0) is 6.42 Å². The van der Waals surface area contributed by atoms with Gasteiger partial charge in [0.2, 0.25) is 0 Å².